The fraction of sp³-hybridized carbons (Fsp3) is 0.476. The first-order valence-corrected chi connectivity index (χ1v) is 9.29. The van der Waals surface area contributed by atoms with E-state index >= 15 is 0 Å². The number of rotatable bonds is 10. The van der Waals surface area contributed by atoms with Gasteiger partial charge in [0.25, 0.3) is 0 Å². The van der Waals surface area contributed by atoms with Gasteiger partial charge in [-0.1, -0.05) is 44.2 Å². The van der Waals surface area contributed by atoms with E-state index in [9.17, 15) is 0 Å². The lowest BCUT2D eigenvalue weighted by Crippen LogP contribution is -1.88. The normalized spacial score (nSPS) is 11.4. The van der Waals surface area contributed by atoms with Crippen LogP contribution in [0, 0.1) is 0 Å². The van der Waals surface area contributed by atoms with E-state index in [1.165, 1.54) is 25.7 Å². The molecular formula is C21H27NO3. The van der Waals surface area contributed by atoms with Crippen LogP contribution in [0.15, 0.2) is 34.7 Å². The van der Waals surface area contributed by atoms with E-state index in [4.69, 9.17) is 14.3 Å². The molecule has 4 nitrogen and oxygen atoms in total. The zero-order chi connectivity index (χ0) is 17.5. The molecular weight excluding hydrogens is 314 g/mol. The molecule has 0 spiro atoms. The number of hydrogen-bond donors (Lipinski definition) is 1. The van der Waals surface area contributed by atoms with Crippen molar-refractivity contribution in [1.29, 1.82) is 0 Å². The number of nitrogens with zero attached hydrogens (tertiary/aromatic N) is 1. The second-order valence-electron chi connectivity index (χ2n) is 6.54. The summed E-state index contributed by atoms with van der Waals surface area (Å²) in [4.78, 5) is 4.63. The summed E-state index contributed by atoms with van der Waals surface area (Å²) in [5.74, 6) is 1.83. The maximum absolute atomic E-state index is 8.77. The third-order valence-corrected chi connectivity index (χ3v) is 4.66. The highest BCUT2D eigenvalue weighted by molar-refractivity contribution is 5.99. The van der Waals surface area contributed by atoms with E-state index in [1.54, 1.807) is 7.11 Å². The molecule has 2 aromatic heterocycles. The lowest BCUT2D eigenvalue weighted by molar-refractivity contribution is 0.282. The van der Waals surface area contributed by atoms with Gasteiger partial charge in [-0.2, -0.15) is 0 Å². The molecule has 2 heterocycles. The monoisotopic (exact) mass is 341 g/mol. The van der Waals surface area contributed by atoms with Gasteiger partial charge in [-0.3, -0.25) is 0 Å². The summed E-state index contributed by atoms with van der Waals surface area (Å²) >= 11 is 0. The van der Waals surface area contributed by atoms with Crippen molar-refractivity contribution in [2.75, 3.05) is 13.7 Å². The summed E-state index contributed by atoms with van der Waals surface area (Å²) in [5, 5.41) is 10.7. The largest absolute Gasteiger partial charge is 0.495 e. The number of aryl methyl sites for hydroxylation is 1. The van der Waals surface area contributed by atoms with Gasteiger partial charge in [0.1, 0.15) is 11.5 Å². The van der Waals surface area contributed by atoms with Crippen LogP contribution in [0.2, 0.25) is 0 Å². The van der Waals surface area contributed by atoms with E-state index in [1.807, 2.05) is 24.3 Å². The number of unbranched alkanes of at least 4 members (excludes halogenated alkanes) is 6. The highest BCUT2D eigenvalue weighted by atomic mass is 16.5. The molecule has 0 fully saturated rings. The summed E-state index contributed by atoms with van der Waals surface area (Å²) in [6.45, 7) is 0.318. The third-order valence-electron chi connectivity index (χ3n) is 4.66. The Balaban J connectivity index is 1.61. The fourth-order valence-corrected chi connectivity index (χ4v) is 3.33. The minimum absolute atomic E-state index is 0.318. The summed E-state index contributed by atoms with van der Waals surface area (Å²) in [5.41, 5.74) is 1.56. The number of pyridine rings is 1. The van der Waals surface area contributed by atoms with E-state index in [-0.39, 0.29) is 0 Å². The van der Waals surface area contributed by atoms with Crippen LogP contribution in [0.1, 0.15) is 50.7 Å². The average molecular weight is 341 g/mol. The number of aromatic nitrogens is 1. The van der Waals surface area contributed by atoms with Gasteiger partial charge >= 0.3 is 0 Å². The molecule has 0 aliphatic rings. The van der Waals surface area contributed by atoms with E-state index in [2.05, 4.69) is 11.1 Å². The zero-order valence-corrected chi connectivity index (χ0v) is 15.0. The second-order valence-corrected chi connectivity index (χ2v) is 6.54. The number of methoxy groups -OCH3 is 1. The number of fused-ring (bicyclic) bond motifs is 2. The number of para-hydroxylation sites is 1. The minimum atomic E-state index is 0.318. The first-order valence-electron chi connectivity index (χ1n) is 9.29. The number of furan rings is 1. The summed E-state index contributed by atoms with van der Waals surface area (Å²) in [6, 6.07) is 10.1. The van der Waals surface area contributed by atoms with Gasteiger partial charge in [0.15, 0.2) is 0 Å². The molecule has 0 atom stereocenters. The molecule has 1 N–H and O–H groups in total. The topological polar surface area (TPSA) is 55.5 Å². The van der Waals surface area contributed by atoms with Crippen LogP contribution < -0.4 is 4.74 Å². The van der Waals surface area contributed by atoms with Crippen molar-refractivity contribution in [3.05, 3.63) is 36.1 Å². The van der Waals surface area contributed by atoms with Gasteiger partial charge < -0.3 is 14.3 Å². The van der Waals surface area contributed by atoms with Crippen LogP contribution in [0.3, 0.4) is 0 Å². The minimum Gasteiger partial charge on any atom is -0.495 e. The molecule has 3 rings (SSSR count). The number of aliphatic hydroxyl groups excluding tert-OH is 1. The van der Waals surface area contributed by atoms with Crippen molar-refractivity contribution in [3.63, 3.8) is 0 Å². The Kier molecular flexibility index (Phi) is 6.29. The SMILES string of the molecule is COc1c2ccccc2nc2oc(CCCCCCCCCO)cc12. The van der Waals surface area contributed by atoms with Crippen molar-refractivity contribution in [3.8, 4) is 5.75 Å². The number of hydrogen-bond acceptors (Lipinski definition) is 4. The Morgan fingerprint density at radius 1 is 0.960 bits per heavy atom. The van der Waals surface area contributed by atoms with E-state index in [0.717, 1.165) is 53.5 Å². The molecule has 0 saturated carbocycles. The Morgan fingerprint density at radius 2 is 1.68 bits per heavy atom. The summed E-state index contributed by atoms with van der Waals surface area (Å²) < 4.78 is 11.6. The summed E-state index contributed by atoms with van der Waals surface area (Å²) in [7, 11) is 1.70. The molecule has 4 heteroatoms. The molecule has 0 amide bonds. The highest BCUT2D eigenvalue weighted by Crippen LogP contribution is 2.34. The predicted molar refractivity (Wildman–Crippen MR) is 101 cm³/mol. The lowest BCUT2D eigenvalue weighted by atomic mass is 10.1. The molecule has 0 aliphatic heterocycles. The average Bonchev–Trinajstić information content (AvgIpc) is 3.04. The van der Waals surface area contributed by atoms with Crippen molar-refractivity contribution >= 4 is 22.0 Å². The Bertz CT molecular complexity index is 809. The van der Waals surface area contributed by atoms with Crippen molar-refractivity contribution in [2.24, 2.45) is 0 Å². The zero-order valence-electron chi connectivity index (χ0n) is 15.0. The second kappa shape index (κ2) is 8.86. The number of aliphatic hydroxyl groups is 1. The molecule has 25 heavy (non-hydrogen) atoms. The van der Waals surface area contributed by atoms with E-state index in [0.29, 0.717) is 12.3 Å². The smallest absolute Gasteiger partial charge is 0.230 e. The van der Waals surface area contributed by atoms with Crippen LogP contribution in [0.4, 0.5) is 0 Å². The Morgan fingerprint density at radius 3 is 2.44 bits per heavy atom. The number of benzene rings is 1. The third kappa shape index (κ3) is 4.31. The van der Waals surface area contributed by atoms with Gasteiger partial charge in [-0.15, -0.1) is 0 Å². The Labute approximate surface area is 148 Å². The van der Waals surface area contributed by atoms with Crippen LogP contribution in [0.5, 0.6) is 5.75 Å². The first-order chi connectivity index (χ1) is 12.3. The standard InChI is InChI=1S/C21H27NO3/c1-24-20-17-12-8-9-13-19(17)22-21-18(20)15-16(25-21)11-7-5-3-2-4-6-10-14-23/h8-9,12-13,15,23H,2-7,10-11,14H2,1H3. The highest BCUT2D eigenvalue weighted by Gasteiger charge is 2.14. The Hall–Kier alpha value is -2.07. The van der Waals surface area contributed by atoms with E-state index < -0.39 is 0 Å². The molecule has 134 valence electrons. The maximum Gasteiger partial charge on any atom is 0.230 e. The van der Waals surface area contributed by atoms with Crippen LogP contribution in [-0.4, -0.2) is 23.8 Å². The lowest BCUT2D eigenvalue weighted by Gasteiger charge is -2.05. The quantitative estimate of drug-likeness (QED) is 0.511. The molecule has 0 saturated heterocycles. The van der Waals surface area contributed by atoms with Gasteiger partial charge in [-0.05, 0) is 31.0 Å². The molecule has 0 radical (unpaired) electrons. The fourth-order valence-electron chi connectivity index (χ4n) is 3.33. The van der Waals surface area contributed by atoms with Gasteiger partial charge in [0.2, 0.25) is 5.71 Å². The number of ether oxygens (including phenoxy) is 1. The van der Waals surface area contributed by atoms with Crippen molar-refractivity contribution in [1.82, 2.24) is 4.98 Å². The molecule has 0 unspecified atom stereocenters. The predicted octanol–water partition coefficient (Wildman–Crippen LogP) is 5.26. The maximum atomic E-state index is 8.77. The molecule has 1 aromatic carbocycles. The first kappa shape index (κ1) is 17.7. The van der Waals surface area contributed by atoms with Crippen LogP contribution >= 0.6 is 0 Å². The van der Waals surface area contributed by atoms with Gasteiger partial charge in [0, 0.05) is 18.4 Å². The summed E-state index contributed by atoms with van der Waals surface area (Å²) in [6.07, 6.45) is 9.06. The van der Waals surface area contributed by atoms with Crippen LogP contribution in [-0.2, 0) is 6.42 Å². The van der Waals surface area contributed by atoms with Crippen LogP contribution in [0.25, 0.3) is 22.0 Å². The molecule has 3 aromatic rings. The van der Waals surface area contributed by atoms with Gasteiger partial charge in [0.05, 0.1) is 18.0 Å². The van der Waals surface area contributed by atoms with Crippen molar-refractivity contribution < 1.29 is 14.3 Å². The molecule has 0 bridgehead atoms. The van der Waals surface area contributed by atoms with Crippen molar-refractivity contribution in [2.45, 2.75) is 51.4 Å². The van der Waals surface area contributed by atoms with Gasteiger partial charge in [-0.25, -0.2) is 4.98 Å². The molecule has 0 aliphatic carbocycles.